The Morgan fingerprint density at radius 3 is 2.51 bits per heavy atom. The highest BCUT2D eigenvalue weighted by molar-refractivity contribution is 6.02. The van der Waals surface area contributed by atoms with Gasteiger partial charge in [-0.15, -0.1) is 0 Å². The van der Waals surface area contributed by atoms with Crippen molar-refractivity contribution in [1.82, 2.24) is 4.90 Å². The van der Waals surface area contributed by atoms with E-state index in [1.54, 1.807) is 0 Å². The van der Waals surface area contributed by atoms with Crippen molar-refractivity contribution in [3.8, 4) is 5.75 Å². The lowest BCUT2D eigenvalue weighted by molar-refractivity contribution is -0.119. The average Bonchev–Trinajstić information content (AvgIpc) is 3.60. The Morgan fingerprint density at radius 1 is 1.06 bits per heavy atom. The van der Waals surface area contributed by atoms with Crippen LogP contribution in [0.15, 0.2) is 78.9 Å². The molecular weight excluding hydrogens is 432 g/mol. The first kappa shape index (κ1) is 22.4. The lowest BCUT2D eigenvalue weighted by Crippen LogP contribution is -2.58. The second-order valence-corrected chi connectivity index (χ2v) is 11.1. The number of carbonyl (C=O) groups excluding carboxylic acids is 1. The maximum Gasteiger partial charge on any atom is 0.235 e. The minimum atomic E-state index is -0.473. The molecule has 1 amide bonds. The summed E-state index contributed by atoms with van der Waals surface area (Å²) in [7, 11) is 0. The van der Waals surface area contributed by atoms with Gasteiger partial charge in [0.1, 0.15) is 5.75 Å². The molecule has 2 bridgehead atoms. The number of likely N-dealkylation sites (tertiary alicyclic amines) is 1. The maximum absolute atomic E-state index is 13.7. The Morgan fingerprint density at radius 2 is 1.77 bits per heavy atom. The Bertz CT molecular complexity index is 1240. The van der Waals surface area contributed by atoms with Gasteiger partial charge in [0.15, 0.2) is 0 Å². The molecule has 1 saturated carbocycles. The van der Waals surface area contributed by atoms with Gasteiger partial charge in [0.2, 0.25) is 5.91 Å². The van der Waals surface area contributed by atoms with Crippen LogP contribution < -0.4 is 5.32 Å². The van der Waals surface area contributed by atoms with Crippen molar-refractivity contribution in [2.75, 3.05) is 18.4 Å². The van der Waals surface area contributed by atoms with E-state index in [4.69, 9.17) is 0 Å². The molecule has 3 aromatic carbocycles. The topological polar surface area (TPSA) is 52.6 Å². The third-order valence-electron chi connectivity index (χ3n) is 9.39. The Balaban J connectivity index is 1.26. The van der Waals surface area contributed by atoms with E-state index in [0.717, 1.165) is 43.6 Å². The number of piperidine rings is 1. The van der Waals surface area contributed by atoms with E-state index < -0.39 is 5.41 Å². The zero-order chi connectivity index (χ0) is 24.2. The minimum Gasteiger partial charge on any atom is -0.508 e. The number of benzene rings is 3. The number of hydrogen-bond acceptors (Lipinski definition) is 3. The first-order valence-corrected chi connectivity index (χ1v) is 12.9. The molecule has 1 unspecified atom stereocenters. The summed E-state index contributed by atoms with van der Waals surface area (Å²) in [6, 6.07) is 26.5. The molecule has 180 valence electrons. The number of nitrogens with one attached hydrogen (secondary N) is 1. The van der Waals surface area contributed by atoms with Crippen molar-refractivity contribution < 1.29 is 9.90 Å². The van der Waals surface area contributed by atoms with E-state index in [9.17, 15) is 9.90 Å². The van der Waals surface area contributed by atoms with Crippen LogP contribution in [0.4, 0.5) is 5.69 Å². The lowest BCUT2D eigenvalue weighted by atomic mass is 9.59. The summed E-state index contributed by atoms with van der Waals surface area (Å²) in [6.45, 7) is 6.72. The largest absolute Gasteiger partial charge is 0.508 e. The van der Waals surface area contributed by atoms with Crippen molar-refractivity contribution >= 4 is 11.6 Å². The SMILES string of the molecule is C[C@H]1C2Cc3ccc(O)cc3[C@]1(C)CCN2C[C@@H]1C[C@@]1(C(=O)Nc1ccccc1)c1ccccc1. The van der Waals surface area contributed by atoms with Gasteiger partial charge in [-0.3, -0.25) is 9.69 Å². The van der Waals surface area contributed by atoms with Crippen molar-refractivity contribution in [3.05, 3.63) is 95.6 Å². The van der Waals surface area contributed by atoms with Gasteiger partial charge in [0.25, 0.3) is 0 Å². The number of para-hydroxylation sites is 1. The molecule has 4 heteroatoms. The predicted molar refractivity (Wildman–Crippen MR) is 140 cm³/mol. The van der Waals surface area contributed by atoms with E-state index in [1.165, 1.54) is 11.1 Å². The monoisotopic (exact) mass is 466 g/mol. The number of phenols is 1. The van der Waals surface area contributed by atoms with E-state index in [1.807, 2.05) is 60.7 Å². The number of phenolic OH excluding ortho intramolecular Hbond substituents is 1. The predicted octanol–water partition coefficient (Wildman–Crippen LogP) is 5.51. The summed E-state index contributed by atoms with van der Waals surface area (Å²) < 4.78 is 0. The summed E-state index contributed by atoms with van der Waals surface area (Å²) in [5.74, 6) is 1.27. The third-order valence-corrected chi connectivity index (χ3v) is 9.39. The molecule has 0 spiro atoms. The number of carbonyl (C=O) groups is 1. The normalized spacial score (nSPS) is 31.4. The smallest absolute Gasteiger partial charge is 0.235 e. The Hall–Kier alpha value is -3.11. The van der Waals surface area contributed by atoms with E-state index in [2.05, 4.69) is 42.3 Å². The van der Waals surface area contributed by atoms with Gasteiger partial charge in [0, 0.05) is 18.3 Å². The molecule has 4 nitrogen and oxygen atoms in total. The Labute approximate surface area is 208 Å². The summed E-state index contributed by atoms with van der Waals surface area (Å²) in [5.41, 5.74) is 4.28. The second kappa shape index (κ2) is 8.23. The van der Waals surface area contributed by atoms with Crippen LogP contribution in [0.2, 0.25) is 0 Å². The van der Waals surface area contributed by atoms with Gasteiger partial charge >= 0.3 is 0 Å². The fourth-order valence-electron chi connectivity index (χ4n) is 7.02. The summed E-state index contributed by atoms with van der Waals surface area (Å²) in [6.07, 6.45) is 2.96. The van der Waals surface area contributed by atoms with Crippen molar-refractivity contribution in [1.29, 1.82) is 0 Å². The maximum atomic E-state index is 13.7. The highest BCUT2D eigenvalue weighted by Crippen LogP contribution is 2.57. The van der Waals surface area contributed by atoms with Crippen molar-refractivity contribution in [2.24, 2.45) is 11.8 Å². The van der Waals surface area contributed by atoms with Crippen LogP contribution in [0.25, 0.3) is 0 Å². The number of anilines is 1. The fraction of sp³-hybridized carbons (Fsp3) is 0.387. The molecule has 0 aromatic heterocycles. The fourth-order valence-corrected chi connectivity index (χ4v) is 7.02. The minimum absolute atomic E-state index is 0.0816. The van der Waals surface area contributed by atoms with Gasteiger partial charge in [-0.1, -0.05) is 68.4 Å². The number of nitrogens with zero attached hydrogens (tertiary/aromatic N) is 1. The molecule has 0 radical (unpaired) electrons. The van der Waals surface area contributed by atoms with E-state index in [0.29, 0.717) is 23.6 Å². The zero-order valence-corrected chi connectivity index (χ0v) is 20.6. The molecule has 3 aliphatic rings. The van der Waals surface area contributed by atoms with Crippen molar-refractivity contribution in [3.63, 3.8) is 0 Å². The summed E-state index contributed by atoms with van der Waals surface area (Å²) >= 11 is 0. The highest BCUT2D eigenvalue weighted by Gasteiger charge is 2.62. The quantitative estimate of drug-likeness (QED) is 0.521. The van der Waals surface area contributed by atoms with Crippen LogP contribution in [0.1, 0.15) is 43.4 Å². The van der Waals surface area contributed by atoms with E-state index in [-0.39, 0.29) is 11.3 Å². The molecule has 3 aromatic rings. The van der Waals surface area contributed by atoms with Crippen LogP contribution in [0.5, 0.6) is 5.75 Å². The molecular formula is C31H34N2O2. The number of aromatic hydroxyl groups is 1. The number of amides is 1. The third kappa shape index (κ3) is 3.58. The number of rotatable bonds is 5. The van der Waals surface area contributed by atoms with Gasteiger partial charge in [-0.2, -0.15) is 0 Å². The van der Waals surface area contributed by atoms with Gasteiger partial charge in [-0.05, 0) is 84.0 Å². The standard InChI is InChI=1S/C31H34N2O2/c1-21-28-17-22-13-14-26(34)18-27(22)30(21,2)15-16-33(28)20-24-19-31(24,23-9-5-3-6-10-23)29(35)32-25-11-7-4-8-12-25/h3-14,18,21,24,28,34H,15-17,19-20H2,1-2H3,(H,32,35)/t21-,24-,28?,30+,31+/m0/s1. The molecule has 5 atom stereocenters. The molecule has 1 saturated heterocycles. The van der Waals surface area contributed by atoms with Crippen LogP contribution in [-0.2, 0) is 22.0 Å². The van der Waals surface area contributed by atoms with Crippen LogP contribution in [0, 0.1) is 11.8 Å². The first-order chi connectivity index (χ1) is 16.9. The molecule has 35 heavy (non-hydrogen) atoms. The second-order valence-electron chi connectivity index (χ2n) is 11.1. The van der Waals surface area contributed by atoms with Crippen molar-refractivity contribution in [2.45, 2.75) is 50.0 Å². The van der Waals surface area contributed by atoms with Gasteiger partial charge in [-0.25, -0.2) is 0 Å². The molecule has 2 fully saturated rings. The summed E-state index contributed by atoms with van der Waals surface area (Å²) in [5, 5.41) is 13.3. The van der Waals surface area contributed by atoms with Crippen LogP contribution >= 0.6 is 0 Å². The van der Waals surface area contributed by atoms with Crippen LogP contribution in [-0.4, -0.2) is 35.0 Å². The lowest BCUT2D eigenvalue weighted by Gasteiger charge is -2.55. The van der Waals surface area contributed by atoms with E-state index >= 15 is 0 Å². The van der Waals surface area contributed by atoms with Gasteiger partial charge < -0.3 is 10.4 Å². The molecule has 6 rings (SSSR count). The molecule has 2 aliphatic carbocycles. The first-order valence-electron chi connectivity index (χ1n) is 12.9. The number of fused-ring (bicyclic) bond motifs is 4. The molecule has 1 aliphatic heterocycles. The molecule has 1 heterocycles. The zero-order valence-electron chi connectivity index (χ0n) is 20.6. The number of hydrogen-bond donors (Lipinski definition) is 2. The van der Waals surface area contributed by atoms with Gasteiger partial charge in [0.05, 0.1) is 5.41 Å². The Kier molecular flexibility index (Phi) is 5.26. The highest BCUT2D eigenvalue weighted by atomic mass is 16.3. The van der Waals surface area contributed by atoms with Crippen LogP contribution in [0.3, 0.4) is 0 Å². The average molecular weight is 467 g/mol. The molecule has 2 N–H and O–H groups in total. The summed E-state index contributed by atoms with van der Waals surface area (Å²) in [4.78, 5) is 16.4.